The molecule has 1 aromatic carbocycles. The average molecular weight is 516 g/mol. The third kappa shape index (κ3) is 6.30. The summed E-state index contributed by atoms with van der Waals surface area (Å²) in [5.41, 5.74) is 2.94. The van der Waals surface area contributed by atoms with Gasteiger partial charge in [-0.2, -0.15) is 5.10 Å². The molecule has 0 bridgehead atoms. The van der Waals surface area contributed by atoms with Crippen LogP contribution in [0.15, 0.2) is 30.6 Å². The van der Waals surface area contributed by atoms with E-state index < -0.39 is 5.82 Å². The van der Waals surface area contributed by atoms with Gasteiger partial charge in [-0.25, -0.2) is 14.2 Å². The predicted octanol–water partition coefficient (Wildman–Crippen LogP) is 2.29. The van der Waals surface area contributed by atoms with Gasteiger partial charge >= 0.3 is 6.03 Å². The Bertz CT molecular complexity index is 1270. The van der Waals surface area contributed by atoms with Crippen molar-refractivity contribution in [1.29, 1.82) is 0 Å². The molecule has 2 aliphatic rings. The van der Waals surface area contributed by atoms with Crippen LogP contribution in [-0.2, 0) is 23.1 Å². The Hall–Kier alpha value is -4.26. The highest BCUT2D eigenvalue weighted by atomic mass is 19.1. The van der Waals surface area contributed by atoms with Gasteiger partial charge in [0.2, 0.25) is 0 Å². The van der Waals surface area contributed by atoms with E-state index in [1.165, 1.54) is 6.07 Å². The SMILES string of the molecule is Cn1cc2cc(NC(=O)N3CCc4c(N5CCNC(C)(C)C5)ccnc43)cc(F)c2n1.O=CO.O=CO. The number of urea groups is 1. The second kappa shape index (κ2) is 11.6. The van der Waals surface area contributed by atoms with Gasteiger partial charge in [-0.15, -0.1) is 0 Å². The molecule has 2 aromatic heterocycles. The van der Waals surface area contributed by atoms with E-state index in [0.717, 1.165) is 37.3 Å². The summed E-state index contributed by atoms with van der Waals surface area (Å²) in [5.74, 6) is 0.214. The van der Waals surface area contributed by atoms with Crippen molar-refractivity contribution < 1.29 is 29.0 Å². The molecule has 3 aromatic rings. The van der Waals surface area contributed by atoms with E-state index in [-0.39, 0.29) is 30.0 Å². The van der Waals surface area contributed by atoms with Crippen molar-refractivity contribution in [2.75, 3.05) is 41.3 Å². The number of piperazine rings is 1. The van der Waals surface area contributed by atoms with Crippen LogP contribution in [0.5, 0.6) is 0 Å². The Morgan fingerprint density at radius 1 is 1.22 bits per heavy atom. The van der Waals surface area contributed by atoms with Gasteiger partial charge in [0, 0.05) is 73.5 Å². The van der Waals surface area contributed by atoms with E-state index in [0.29, 0.717) is 23.4 Å². The van der Waals surface area contributed by atoms with Crippen molar-refractivity contribution >= 4 is 47.1 Å². The van der Waals surface area contributed by atoms with Crippen LogP contribution in [0, 0.1) is 5.82 Å². The number of halogens is 1. The minimum absolute atomic E-state index is 0.0269. The Morgan fingerprint density at radius 3 is 2.59 bits per heavy atom. The molecule has 0 atom stereocenters. The van der Waals surface area contributed by atoms with Gasteiger partial charge in [0.25, 0.3) is 12.9 Å². The van der Waals surface area contributed by atoms with Crippen molar-refractivity contribution in [2.45, 2.75) is 25.8 Å². The van der Waals surface area contributed by atoms with E-state index >= 15 is 0 Å². The Balaban J connectivity index is 0.000000580. The molecule has 12 nitrogen and oxygen atoms in total. The Labute approximate surface area is 212 Å². The lowest BCUT2D eigenvalue weighted by atomic mass is 10.0. The molecular weight excluding hydrogens is 485 g/mol. The maximum Gasteiger partial charge on any atom is 0.327 e. The predicted molar refractivity (Wildman–Crippen MR) is 137 cm³/mol. The summed E-state index contributed by atoms with van der Waals surface area (Å²) in [6, 6.07) is 4.75. The minimum Gasteiger partial charge on any atom is -0.483 e. The number of rotatable bonds is 2. The van der Waals surface area contributed by atoms with Crippen LogP contribution >= 0.6 is 0 Å². The van der Waals surface area contributed by atoms with E-state index in [9.17, 15) is 9.18 Å². The molecule has 13 heteroatoms. The summed E-state index contributed by atoms with van der Waals surface area (Å²) in [6.45, 7) is 7.14. The molecule has 198 valence electrons. The highest BCUT2D eigenvalue weighted by Crippen LogP contribution is 2.35. The number of hydrogen-bond acceptors (Lipinski definition) is 7. The maximum absolute atomic E-state index is 14.4. The number of carbonyl (C=O) groups excluding carboxylic acids is 1. The number of amides is 2. The molecule has 0 saturated carbocycles. The molecule has 4 N–H and O–H groups in total. The topological polar surface area (TPSA) is 153 Å². The number of pyridine rings is 1. The molecule has 2 aliphatic heterocycles. The van der Waals surface area contributed by atoms with Crippen molar-refractivity contribution in [1.82, 2.24) is 20.1 Å². The van der Waals surface area contributed by atoms with E-state index in [1.807, 2.05) is 6.07 Å². The second-order valence-electron chi connectivity index (χ2n) is 9.11. The molecule has 0 radical (unpaired) electrons. The van der Waals surface area contributed by atoms with Gasteiger partial charge in [0.05, 0.1) is 0 Å². The largest absolute Gasteiger partial charge is 0.483 e. The van der Waals surface area contributed by atoms with Crippen LogP contribution in [0.1, 0.15) is 19.4 Å². The molecule has 2 amide bonds. The molecular formula is C24H30FN7O5. The van der Waals surface area contributed by atoms with E-state index in [2.05, 4.69) is 39.5 Å². The number of aryl methyl sites for hydroxylation is 1. The zero-order valence-electron chi connectivity index (χ0n) is 20.8. The van der Waals surface area contributed by atoms with Gasteiger partial charge in [0.15, 0.2) is 5.82 Å². The third-order valence-corrected chi connectivity index (χ3v) is 5.93. The summed E-state index contributed by atoms with van der Waals surface area (Å²) in [7, 11) is 1.74. The molecule has 1 saturated heterocycles. The molecule has 4 heterocycles. The van der Waals surface area contributed by atoms with Gasteiger partial charge in [0.1, 0.15) is 11.3 Å². The first-order chi connectivity index (χ1) is 17.6. The molecule has 5 rings (SSSR count). The summed E-state index contributed by atoms with van der Waals surface area (Å²) in [5, 5.41) is 24.9. The molecule has 0 spiro atoms. The number of benzene rings is 1. The van der Waals surface area contributed by atoms with Crippen molar-refractivity contribution in [3.05, 3.63) is 42.0 Å². The summed E-state index contributed by atoms with van der Waals surface area (Å²) >= 11 is 0. The van der Waals surface area contributed by atoms with Crippen molar-refractivity contribution in [3.8, 4) is 0 Å². The fraction of sp³-hybridized carbons (Fsp3) is 0.375. The lowest BCUT2D eigenvalue weighted by Gasteiger charge is -2.41. The Kier molecular flexibility index (Phi) is 8.60. The van der Waals surface area contributed by atoms with Gasteiger partial charge in [-0.1, -0.05) is 0 Å². The number of carbonyl (C=O) groups is 3. The fourth-order valence-electron chi connectivity index (χ4n) is 4.59. The van der Waals surface area contributed by atoms with E-state index in [1.54, 1.807) is 35.1 Å². The first-order valence-electron chi connectivity index (χ1n) is 11.5. The minimum atomic E-state index is -0.461. The highest BCUT2D eigenvalue weighted by Gasteiger charge is 2.32. The zero-order valence-corrected chi connectivity index (χ0v) is 20.8. The quantitative estimate of drug-likeness (QED) is 0.377. The van der Waals surface area contributed by atoms with Gasteiger partial charge in [-0.3, -0.25) is 19.2 Å². The Morgan fingerprint density at radius 2 is 1.92 bits per heavy atom. The third-order valence-electron chi connectivity index (χ3n) is 5.93. The number of nitrogens with one attached hydrogen (secondary N) is 2. The highest BCUT2D eigenvalue weighted by molar-refractivity contribution is 6.03. The smallest absolute Gasteiger partial charge is 0.327 e. The van der Waals surface area contributed by atoms with Gasteiger partial charge in [-0.05, 0) is 38.5 Å². The zero-order chi connectivity index (χ0) is 27.2. The number of aromatic nitrogens is 3. The lowest BCUT2D eigenvalue weighted by Crippen LogP contribution is -2.57. The lowest BCUT2D eigenvalue weighted by molar-refractivity contribution is -0.123. The van der Waals surface area contributed by atoms with E-state index in [4.69, 9.17) is 19.8 Å². The first-order valence-corrected chi connectivity index (χ1v) is 11.5. The second-order valence-corrected chi connectivity index (χ2v) is 9.11. The summed E-state index contributed by atoms with van der Waals surface area (Å²) in [6.07, 6.45) is 4.23. The number of anilines is 3. The van der Waals surface area contributed by atoms with Crippen LogP contribution in [-0.4, -0.2) is 75.7 Å². The number of hydrogen-bond donors (Lipinski definition) is 4. The van der Waals surface area contributed by atoms with Crippen LogP contribution in [0.3, 0.4) is 0 Å². The van der Waals surface area contributed by atoms with Crippen LogP contribution in [0.25, 0.3) is 10.9 Å². The van der Waals surface area contributed by atoms with Crippen LogP contribution < -0.4 is 20.4 Å². The first kappa shape index (κ1) is 27.3. The number of fused-ring (bicyclic) bond motifs is 2. The van der Waals surface area contributed by atoms with Crippen LogP contribution in [0.2, 0.25) is 0 Å². The number of nitrogens with zero attached hydrogens (tertiary/aromatic N) is 5. The number of carboxylic acid groups (broad SMARTS) is 2. The van der Waals surface area contributed by atoms with Crippen molar-refractivity contribution in [3.63, 3.8) is 0 Å². The standard InChI is InChI=1S/C22H26FN7O.2CH2O2/c1-22(2)13-29(9-7-25-22)18-4-6-24-20-16(18)5-8-30(20)21(31)26-15-10-14-12-28(3)27-19(14)17(23)11-15;2*2-1-3/h4,6,10-12,25H,5,7-9,13H2,1-3H3,(H,26,31);2*1H,(H,2,3). The maximum atomic E-state index is 14.4. The monoisotopic (exact) mass is 515 g/mol. The van der Waals surface area contributed by atoms with Crippen LogP contribution in [0.4, 0.5) is 26.4 Å². The average Bonchev–Trinajstić information content (AvgIpc) is 3.43. The summed E-state index contributed by atoms with van der Waals surface area (Å²) in [4.78, 5) is 38.3. The molecule has 0 unspecified atom stereocenters. The van der Waals surface area contributed by atoms with Crippen molar-refractivity contribution in [2.24, 2.45) is 7.05 Å². The fourth-order valence-corrected chi connectivity index (χ4v) is 4.59. The molecule has 1 fully saturated rings. The summed E-state index contributed by atoms with van der Waals surface area (Å²) < 4.78 is 15.9. The normalized spacial score (nSPS) is 15.6. The van der Waals surface area contributed by atoms with Gasteiger partial charge < -0.3 is 25.7 Å². The molecule has 0 aliphatic carbocycles. The molecule has 37 heavy (non-hydrogen) atoms.